The van der Waals surface area contributed by atoms with E-state index in [2.05, 4.69) is 45.7 Å². The van der Waals surface area contributed by atoms with E-state index in [1.165, 1.54) is 51.0 Å². The highest BCUT2D eigenvalue weighted by atomic mass is 35.5. The summed E-state index contributed by atoms with van der Waals surface area (Å²) in [6.45, 7) is 12.5. The quantitative estimate of drug-likeness (QED) is 0.192. The van der Waals surface area contributed by atoms with Crippen LogP contribution in [0.25, 0.3) is 0 Å². The third-order valence-electron chi connectivity index (χ3n) is 10.8. The van der Waals surface area contributed by atoms with Crippen molar-refractivity contribution in [2.75, 3.05) is 31.5 Å². The van der Waals surface area contributed by atoms with Crippen molar-refractivity contribution in [3.8, 4) is 0 Å². The number of hydrogen-bond donors (Lipinski definition) is 4. The fourth-order valence-electron chi connectivity index (χ4n) is 8.32. The zero-order valence-electron chi connectivity index (χ0n) is 26.1. The fraction of sp³-hybridized carbons (Fsp3) is 0.600. The minimum absolute atomic E-state index is 0.0147. The molecule has 240 valence electrons. The number of likely N-dealkylation sites (tertiary alicyclic amines) is 1. The molecule has 2 saturated heterocycles. The maximum atomic E-state index is 15.7. The molecule has 9 heteroatoms. The first-order valence-corrected chi connectivity index (χ1v) is 17.2. The molecule has 0 amide bonds. The number of nitrogens with one attached hydrogen (secondary N) is 2. The Balaban J connectivity index is 1.12. The lowest BCUT2D eigenvalue weighted by atomic mass is 9.85. The number of halogens is 2. The molecule has 0 radical (unpaired) electrons. The van der Waals surface area contributed by atoms with E-state index in [9.17, 15) is 0 Å². The second-order valence-corrected chi connectivity index (χ2v) is 14.1. The van der Waals surface area contributed by atoms with Crippen LogP contribution < -0.4 is 22.2 Å². The molecule has 1 aromatic rings. The molecule has 2 aliphatic carbocycles. The Kier molecular flexibility index (Phi) is 10.0. The minimum atomic E-state index is -0.287. The highest BCUT2D eigenvalue weighted by Crippen LogP contribution is 2.39. The average molecular weight is 624 g/mol. The number of nitrogens with two attached hydrogens (primary N) is 2. The van der Waals surface area contributed by atoms with Crippen LogP contribution in [0, 0.1) is 17.7 Å². The van der Waals surface area contributed by atoms with E-state index < -0.39 is 0 Å². The summed E-state index contributed by atoms with van der Waals surface area (Å²) in [5, 5.41) is 8.89. The van der Waals surface area contributed by atoms with Gasteiger partial charge in [-0.3, -0.25) is 10.2 Å². The van der Waals surface area contributed by atoms with Crippen LogP contribution >= 0.6 is 11.6 Å². The molecule has 6 rings (SSSR count). The molecule has 6 N–H and O–H groups in total. The molecule has 1 aromatic carbocycles. The number of benzene rings is 1. The van der Waals surface area contributed by atoms with E-state index in [1.54, 1.807) is 11.1 Å². The smallest absolute Gasteiger partial charge is 0.128 e. The number of rotatable bonds is 10. The molecule has 5 atom stereocenters. The van der Waals surface area contributed by atoms with Crippen molar-refractivity contribution in [1.29, 1.82) is 0 Å². The van der Waals surface area contributed by atoms with Gasteiger partial charge in [-0.25, -0.2) is 10.2 Å². The topological polar surface area (TPSA) is 85.8 Å². The molecule has 5 aliphatic rings. The highest BCUT2D eigenvalue weighted by Gasteiger charge is 2.38. The fourth-order valence-corrected chi connectivity index (χ4v) is 8.55. The Morgan fingerprint density at radius 1 is 1.11 bits per heavy atom. The van der Waals surface area contributed by atoms with Gasteiger partial charge < -0.3 is 21.0 Å². The van der Waals surface area contributed by atoms with Crippen molar-refractivity contribution in [3.05, 3.63) is 77.0 Å². The van der Waals surface area contributed by atoms with Crippen LogP contribution in [0.15, 0.2) is 60.6 Å². The number of anilines is 1. The first kappa shape index (κ1) is 31.6. The molecule has 3 fully saturated rings. The monoisotopic (exact) mass is 623 g/mol. The molecule has 0 bridgehead atoms. The van der Waals surface area contributed by atoms with Crippen molar-refractivity contribution in [3.63, 3.8) is 0 Å². The lowest BCUT2D eigenvalue weighted by molar-refractivity contribution is 0.148. The first-order chi connectivity index (χ1) is 21.3. The summed E-state index contributed by atoms with van der Waals surface area (Å²) in [6, 6.07) is 4.33. The van der Waals surface area contributed by atoms with E-state index in [0.29, 0.717) is 40.5 Å². The van der Waals surface area contributed by atoms with Crippen LogP contribution in [0.5, 0.6) is 0 Å². The largest absolute Gasteiger partial charge is 0.370 e. The van der Waals surface area contributed by atoms with Crippen molar-refractivity contribution < 1.29 is 4.39 Å². The molecule has 3 aliphatic heterocycles. The zero-order valence-corrected chi connectivity index (χ0v) is 26.9. The zero-order chi connectivity index (χ0) is 30.8. The Bertz CT molecular complexity index is 1270. The summed E-state index contributed by atoms with van der Waals surface area (Å²) >= 11 is 6.76. The summed E-state index contributed by atoms with van der Waals surface area (Å²) < 4.78 is 15.7. The van der Waals surface area contributed by atoms with Gasteiger partial charge in [-0.05, 0) is 55.7 Å². The van der Waals surface area contributed by atoms with Crippen LogP contribution in [0.4, 0.5) is 10.1 Å². The predicted octanol–water partition coefficient (Wildman–Crippen LogP) is 5.86. The molecular formula is C35H51ClFN7. The van der Waals surface area contributed by atoms with Gasteiger partial charge >= 0.3 is 0 Å². The van der Waals surface area contributed by atoms with Crippen LogP contribution in [0.1, 0.15) is 69.8 Å². The number of nitrogens with zero attached hydrogens (tertiary/aromatic N) is 3. The second-order valence-electron chi connectivity index (χ2n) is 13.7. The highest BCUT2D eigenvalue weighted by molar-refractivity contribution is 6.33. The lowest BCUT2D eigenvalue weighted by Crippen LogP contribution is -2.57. The predicted molar refractivity (Wildman–Crippen MR) is 179 cm³/mol. The number of allylic oxidation sites excluding steroid dienone is 3. The Morgan fingerprint density at radius 2 is 1.93 bits per heavy atom. The van der Waals surface area contributed by atoms with Gasteiger partial charge in [0.15, 0.2) is 0 Å². The third-order valence-corrected chi connectivity index (χ3v) is 11.1. The Hall–Kier alpha value is -2.36. The Labute approximate surface area is 268 Å². The molecular weight excluding hydrogens is 573 g/mol. The van der Waals surface area contributed by atoms with Crippen LogP contribution in [0.3, 0.4) is 0 Å². The summed E-state index contributed by atoms with van der Waals surface area (Å²) in [4.78, 5) is 5.02. The van der Waals surface area contributed by atoms with Gasteiger partial charge in [0.1, 0.15) is 5.82 Å². The van der Waals surface area contributed by atoms with Gasteiger partial charge in [-0.1, -0.05) is 69.0 Å². The van der Waals surface area contributed by atoms with Gasteiger partial charge in [-0.15, -0.1) is 0 Å². The van der Waals surface area contributed by atoms with E-state index in [-0.39, 0.29) is 23.9 Å². The van der Waals surface area contributed by atoms with Gasteiger partial charge in [0, 0.05) is 73.8 Å². The average Bonchev–Trinajstić information content (AvgIpc) is 3.61. The SMILES string of the molecule is C=C(Nc1cc(F)c(CC(=C)N2CC(N3CCNC(N)C3)CC2CCC2CCCCC2)cc1Cl)C1=CN(N)C2CCC=CC12. The van der Waals surface area contributed by atoms with Crippen molar-refractivity contribution in [2.24, 2.45) is 23.4 Å². The molecule has 7 nitrogen and oxygen atoms in total. The summed E-state index contributed by atoms with van der Waals surface area (Å²) in [5.74, 6) is 6.97. The van der Waals surface area contributed by atoms with Gasteiger partial charge in [-0.2, -0.15) is 0 Å². The minimum Gasteiger partial charge on any atom is -0.370 e. The molecule has 3 heterocycles. The number of hydrazine groups is 1. The molecule has 0 spiro atoms. The summed E-state index contributed by atoms with van der Waals surface area (Å²) in [5.41, 5.74) is 10.0. The van der Waals surface area contributed by atoms with E-state index in [1.807, 2.05) is 6.20 Å². The summed E-state index contributed by atoms with van der Waals surface area (Å²) in [7, 11) is 0. The number of piperazine rings is 1. The molecule has 0 aromatic heterocycles. The number of fused-ring (bicyclic) bond motifs is 1. The van der Waals surface area contributed by atoms with Crippen LogP contribution in [-0.2, 0) is 6.42 Å². The van der Waals surface area contributed by atoms with Crippen molar-refractivity contribution >= 4 is 17.3 Å². The maximum Gasteiger partial charge on any atom is 0.128 e. The summed E-state index contributed by atoms with van der Waals surface area (Å²) in [6.07, 6.45) is 19.2. The van der Waals surface area contributed by atoms with Gasteiger partial charge in [0.25, 0.3) is 0 Å². The Morgan fingerprint density at radius 3 is 2.73 bits per heavy atom. The third kappa shape index (κ3) is 7.05. The molecule has 1 saturated carbocycles. The normalized spacial score (nSPS) is 29.5. The van der Waals surface area contributed by atoms with Crippen molar-refractivity contribution in [1.82, 2.24) is 20.1 Å². The van der Waals surface area contributed by atoms with E-state index in [4.69, 9.17) is 23.2 Å². The van der Waals surface area contributed by atoms with Crippen molar-refractivity contribution in [2.45, 2.75) is 94.9 Å². The first-order valence-electron chi connectivity index (χ1n) is 16.8. The maximum absolute atomic E-state index is 15.7. The van der Waals surface area contributed by atoms with Crippen LogP contribution in [-0.4, -0.2) is 65.3 Å². The van der Waals surface area contributed by atoms with E-state index >= 15 is 4.39 Å². The van der Waals surface area contributed by atoms with Crippen LogP contribution in [0.2, 0.25) is 5.02 Å². The lowest BCUT2D eigenvalue weighted by Gasteiger charge is -2.36. The number of hydrogen-bond acceptors (Lipinski definition) is 7. The van der Waals surface area contributed by atoms with Gasteiger partial charge in [0.05, 0.1) is 22.9 Å². The van der Waals surface area contributed by atoms with E-state index in [0.717, 1.165) is 62.6 Å². The standard InChI is InChI=1S/C35H51ClFN7/c1-23(43-20-28(42-15-14-40-35(38)22-42)18-27(43)13-12-25-8-4-3-5-9-25)16-26-17-31(36)33(19-32(26)37)41-24(2)30-21-44(39)34-11-7-6-10-29(30)34/h6,10,17,19,21,25,27-29,34-35,40-41H,1-5,7-9,11-16,18,20,22,38-39H2. The second kappa shape index (κ2) is 14.0. The molecule has 44 heavy (non-hydrogen) atoms. The molecule has 5 unspecified atom stereocenters. The van der Waals surface area contributed by atoms with Gasteiger partial charge in [0.2, 0.25) is 0 Å².